The topological polar surface area (TPSA) is 129 Å². The van der Waals surface area contributed by atoms with Gasteiger partial charge in [-0.15, -0.1) is 6.58 Å². The highest BCUT2D eigenvalue weighted by atomic mass is 127. The fourth-order valence-corrected chi connectivity index (χ4v) is 6.47. The van der Waals surface area contributed by atoms with E-state index in [1.54, 1.807) is 23.1 Å². The summed E-state index contributed by atoms with van der Waals surface area (Å²) >= 11 is 2.09. The van der Waals surface area contributed by atoms with Gasteiger partial charge in [0.25, 0.3) is 0 Å². The average molecular weight is 685 g/mol. The molecule has 228 valence electrons. The predicted molar refractivity (Wildman–Crippen MR) is 166 cm³/mol. The molecule has 0 spiro atoms. The van der Waals surface area contributed by atoms with Crippen molar-refractivity contribution in [3.63, 3.8) is 0 Å². The minimum Gasteiger partial charge on any atom is -0.493 e. The minimum absolute atomic E-state index is 0.0288. The van der Waals surface area contributed by atoms with Crippen LogP contribution in [0.2, 0.25) is 0 Å². The zero-order valence-corrected chi connectivity index (χ0v) is 26.2. The normalized spacial score (nSPS) is 21.1. The third-order valence-corrected chi connectivity index (χ3v) is 8.69. The SMILES string of the molecule is C=CCCCCC(=O)N(CC1CCCCC1)C1CC(C(=O)NCCO)=CC(Oc2c(I)cc(CO)cc2OC)C1O. The fraction of sp³-hybridized carbons (Fsp3) is 0.613. The molecule has 2 aliphatic rings. The maximum atomic E-state index is 13.7. The number of benzene rings is 1. The third kappa shape index (κ3) is 9.42. The standard InChI is InChI=1S/C31H45IN2O7/c1-3-4-5-9-12-28(37)34(19-21-10-7-6-8-11-21)25-17-23(31(39)33-13-14-35)18-26(29(25)38)41-30-24(32)15-22(20-36)16-27(30)40-2/h3,15-16,18,21,25-26,29,35-36,38H,1,4-14,17,19-20H2,2H3,(H,33,39). The van der Waals surface area contributed by atoms with E-state index in [4.69, 9.17) is 9.47 Å². The summed E-state index contributed by atoms with van der Waals surface area (Å²) in [6.07, 6.45) is 9.92. The molecule has 0 radical (unpaired) electrons. The summed E-state index contributed by atoms with van der Waals surface area (Å²) in [7, 11) is 1.50. The Morgan fingerprint density at radius 3 is 2.61 bits per heavy atom. The minimum atomic E-state index is -1.09. The maximum absolute atomic E-state index is 13.7. The Bertz CT molecular complexity index is 1060. The summed E-state index contributed by atoms with van der Waals surface area (Å²) < 4.78 is 12.6. The summed E-state index contributed by atoms with van der Waals surface area (Å²) in [6.45, 7) is 4.03. The number of halogens is 1. The number of nitrogens with zero attached hydrogens (tertiary/aromatic N) is 1. The van der Waals surface area contributed by atoms with Crippen molar-refractivity contribution in [3.8, 4) is 11.5 Å². The van der Waals surface area contributed by atoms with Crippen molar-refractivity contribution < 1.29 is 34.4 Å². The average Bonchev–Trinajstić information content (AvgIpc) is 2.99. The lowest BCUT2D eigenvalue weighted by atomic mass is 9.85. The largest absolute Gasteiger partial charge is 0.493 e. The Kier molecular flexibility index (Phi) is 13.9. The second kappa shape index (κ2) is 17.1. The number of carbonyl (C=O) groups excluding carboxylic acids is 2. The van der Waals surface area contributed by atoms with Gasteiger partial charge in [-0.1, -0.05) is 25.3 Å². The van der Waals surface area contributed by atoms with Gasteiger partial charge in [-0.25, -0.2) is 0 Å². The molecule has 0 saturated heterocycles. The smallest absolute Gasteiger partial charge is 0.247 e. The van der Waals surface area contributed by atoms with Gasteiger partial charge in [0.05, 0.1) is 29.9 Å². The summed E-state index contributed by atoms with van der Waals surface area (Å²) in [5.41, 5.74) is 1.05. The van der Waals surface area contributed by atoms with E-state index >= 15 is 0 Å². The number of nitrogens with one attached hydrogen (secondary N) is 1. The first-order valence-corrected chi connectivity index (χ1v) is 15.7. The lowest BCUT2D eigenvalue weighted by Crippen LogP contribution is -2.56. The number of aliphatic hydroxyl groups is 3. The molecule has 1 aromatic rings. The fourth-order valence-electron chi connectivity index (χ4n) is 5.67. The molecule has 3 atom stereocenters. The number of methoxy groups -OCH3 is 1. The summed E-state index contributed by atoms with van der Waals surface area (Å²) in [6, 6.07) is 2.78. The Balaban J connectivity index is 1.96. The molecule has 1 saturated carbocycles. The molecule has 2 amide bonds. The Labute approximate surface area is 257 Å². The number of unbranched alkanes of at least 4 members (excludes halogenated alkanes) is 2. The van der Waals surface area contributed by atoms with Gasteiger partial charge in [-0.05, 0) is 84.4 Å². The van der Waals surface area contributed by atoms with Crippen molar-refractivity contribution in [2.75, 3.05) is 26.8 Å². The van der Waals surface area contributed by atoms with Gasteiger partial charge in [0.15, 0.2) is 11.5 Å². The first-order valence-electron chi connectivity index (χ1n) is 14.6. The van der Waals surface area contributed by atoms with Crippen LogP contribution in [0.3, 0.4) is 0 Å². The van der Waals surface area contributed by atoms with Crippen LogP contribution in [-0.2, 0) is 16.2 Å². The van der Waals surface area contributed by atoms with E-state index in [9.17, 15) is 24.9 Å². The van der Waals surface area contributed by atoms with Crippen LogP contribution in [0, 0.1) is 9.49 Å². The van der Waals surface area contributed by atoms with Crippen molar-refractivity contribution in [2.45, 2.75) is 89.1 Å². The highest BCUT2D eigenvalue weighted by molar-refractivity contribution is 14.1. The van der Waals surface area contributed by atoms with Gasteiger partial charge in [0.1, 0.15) is 12.2 Å². The molecule has 41 heavy (non-hydrogen) atoms. The zero-order valence-electron chi connectivity index (χ0n) is 24.0. The van der Waals surface area contributed by atoms with Crippen molar-refractivity contribution in [1.29, 1.82) is 0 Å². The van der Waals surface area contributed by atoms with E-state index in [1.807, 2.05) is 6.08 Å². The second-order valence-electron chi connectivity index (χ2n) is 10.9. The van der Waals surface area contributed by atoms with E-state index < -0.39 is 18.2 Å². The number of hydrogen-bond donors (Lipinski definition) is 4. The molecule has 3 rings (SSSR count). The quantitative estimate of drug-likeness (QED) is 0.126. The van der Waals surface area contributed by atoms with Crippen LogP contribution in [0.5, 0.6) is 11.5 Å². The molecule has 9 nitrogen and oxygen atoms in total. The first-order chi connectivity index (χ1) is 19.8. The summed E-state index contributed by atoms with van der Waals surface area (Å²) in [5, 5.41) is 33.3. The summed E-state index contributed by atoms with van der Waals surface area (Å²) in [4.78, 5) is 28.6. The molecule has 2 aliphatic carbocycles. The molecule has 1 fully saturated rings. The number of ether oxygens (including phenoxy) is 2. The maximum Gasteiger partial charge on any atom is 0.247 e. The van der Waals surface area contributed by atoms with E-state index in [-0.39, 0.29) is 38.0 Å². The number of amides is 2. The molecule has 0 aromatic heterocycles. The van der Waals surface area contributed by atoms with E-state index in [0.717, 1.165) is 44.9 Å². The molecule has 1 aromatic carbocycles. The van der Waals surface area contributed by atoms with E-state index in [1.165, 1.54) is 13.5 Å². The monoisotopic (exact) mass is 684 g/mol. The summed E-state index contributed by atoms with van der Waals surface area (Å²) in [5.74, 6) is 0.733. The lowest BCUT2D eigenvalue weighted by Gasteiger charge is -2.42. The molecule has 0 heterocycles. The first kappa shape index (κ1) is 33.4. The van der Waals surface area contributed by atoms with Crippen molar-refractivity contribution in [2.24, 2.45) is 5.92 Å². The van der Waals surface area contributed by atoms with Gasteiger partial charge >= 0.3 is 0 Å². The van der Waals surface area contributed by atoms with Crippen LogP contribution >= 0.6 is 22.6 Å². The van der Waals surface area contributed by atoms with Gasteiger partial charge in [-0.3, -0.25) is 9.59 Å². The van der Waals surface area contributed by atoms with Gasteiger partial charge in [-0.2, -0.15) is 0 Å². The van der Waals surface area contributed by atoms with Crippen LogP contribution < -0.4 is 14.8 Å². The number of hydrogen-bond acceptors (Lipinski definition) is 7. The van der Waals surface area contributed by atoms with Gasteiger partial charge in [0.2, 0.25) is 11.8 Å². The lowest BCUT2D eigenvalue weighted by molar-refractivity contribution is -0.140. The number of allylic oxidation sites excluding steroid dienone is 1. The Morgan fingerprint density at radius 1 is 1.20 bits per heavy atom. The second-order valence-corrected chi connectivity index (χ2v) is 12.0. The zero-order chi connectivity index (χ0) is 29.8. The van der Waals surface area contributed by atoms with Crippen LogP contribution in [0.4, 0.5) is 0 Å². The highest BCUT2D eigenvalue weighted by Gasteiger charge is 2.41. The van der Waals surface area contributed by atoms with E-state index in [0.29, 0.717) is 45.1 Å². The van der Waals surface area contributed by atoms with Crippen molar-refractivity contribution in [3.05, 3.63) is 45.6 Å². The molecular weight excluding hydrogens is 639 g/mol. The van der Waals surface area contributed by atoms with Gasteiger partial charge in [0, 0.05) is 31.5 Å². The van der Waals surface area contributed by atoms with Crippen LogP contribution in [0.15, 0.2) is 36.4 Å². The van der Waals surface area contributed by atoms with Gasteiger partial charge < -0.3 is 35.0 Å². The van der Waals surface area contributed by atoms with Crippen LogP contribution in [0.25, 0.3) is 0 Å². The highest BCUT2D eigenvalue weighted by Crippen LogP contribution is 2.37. The molecule has 4 N–H and O–H groups in total. The van der Waals surface area contributed by atoms with E-state index in [2.05, 4.69) is 34.5 Å². The third-order valence-electron chi connectivity index (χ3n) is 7.89. The van der Waals surface area contributed by atoms with Crippen molar-refractivity contribution in [1.82, 2.24) is 10.2 Å². The molecule has 0 bridgehead atoms. The molecule has 0 aliphatic heterocycles. The molecule has 10 heteroatoms. The van der Waals surface area contributed by atoms with Crippen LogP contribution in [0.1, 0.15) is 69.8 Å². The number of carbonyl (C=O) groups is 2. The molecular formula is C31H45IN2O7. The Hall–Kier alpha value is -2.15. The Morgan fingerprint density at radius 2 is 1.95 bits per heavy atom. The van der Waals surface area contributed by atoms with Crippen molar-refractivity contribution >= 4 is 34.4 Å². The number of aliphatic hydroxyl groups excluding tert-OH is 3. The van der Waals surface area contributed by atoms with Crippen LogP contribution in [-0.4, -0.2) is 77.1 Å². The molecule has 3 unspecified atom stereocenters. The predicted octanol–water partition coefficient (Wildman–Crippen LogP) is 3.86. The number of rotatable bonds is 15.